The number of carbonyl (C=O) groups is 1. The first kappa shape index (κ1) is 19.2. The van der Waals surface area contributed by atoms with Gasteiger partial charge in [0.05, 0.1) is 7.11 Å². The SMILES string of the molecule is CCC(CC)C(CNc1ccc(C(=O)OC)nn1)c1cccc(Cl)c1. The predicted octanol–water partition coefficient (Wildman–Crippen LogP) is 4.55. The van der Waals surface area contributed by atoms with Crippen molar-refractivity contribution >= 4 is 23.4 Å². The maximum absolute atomic E-state index is 11.4. The topological polar surface area (TPSA) is 64.1 Å². The van der Waals surface area contributed by atoms with Crippen molar-refractivity contribution < 1.29 is 9.53 Å². The van der Waals surface area contributed by atoms with Crippen LogP contribution < -0.4 is 5.32 Å². The third-order valence-electron chi connectivity index (χ3n) is 4.46. The first-order valence-corrected chi connectivity index (χ1v) is 8.88. The predicted molar refractivity (Wildman–Crippen MR) is 100 cm³/mol. The molecule has 1 aromatic carbocycles. The number of nitrogens with zero attached hydrogens (tertiary/aromatic N) is 2. The molecule has 5 nitrogen and oxygen atoms in total. The van der Waals surface area contributed by atoms with Gasteiger partial charge in [-0.1, -0.05) is 50.4 Å². The summed E-state index contributed by atoms with van der Waals surface area (Å²) in [4.78, 5) is 11.4. The number of aromatic nitrogens is 2. The molecule has 0 aliphatic heterocycles. The zero-order valence-corrected chi connectivity index (χ0v) is 15.6. The van der Waals surface area contributed by atoms with Crippen molar-refractivity contribution in [1.29, 1.82) is 0 Å². The average molecular weight is 362 g/mol. The Bertz CT molecular complexity index is 687. The molecule has 6 heteroatoms. The molecular weight excluding hydrogens is 338 g/mol. The van der Waals surface area contributed by atoms with E-state index in [4.69, 9.17) is 11.6 Å². The first-order valence-electron chi connectivity index (χ1n) is 8.50. The lowest BCUT2D eigenvalue weighted by molar-refractivity contribution is 0.0593. The average Bonchev–Trinajstić information content (AvgIpc) is 2.65. The molecule has 2 aromatic rings. The lowest BCUT2D eigenvalue weighted by Gasteiger charge is -2.26. The van der Waals surface area contributed by atoms with Crippen molar-refractivity contribution in [2.75, 3.05) is 19.0 Å². The first-order chi connectivity index (χ1) is 12.1. The van der Waals surface area contributed by atoms with Gasteiger partial charge in [-0.2, -0.15) is 0 Å². The molecule has 0 amide bonds. The van der Waals surface area contributed by atoms with Crippen LogP contribution in [0, 0.1) is 5.92 Å². The van der Waals surface area contributed by atoms with Crippen molar-refractivity contribution in [2.24, 2.45) is 5.92 Å². The number of halogens is 1. The van der Waals surface area contributed by atoms with Crippen molar-refractivity contribution in [1.82, 2.24) is 10.2 Å². The Morgan fingerprint density at radius 2 is 1.96 bits per heavy atom. The van der Waals surface area contributed by atoms with Crippen LogP contribution in [0.1, 0.15) is 48.7 Å². The highest BCUT2D eigenvalue weighted by Gasteiger charge is 2.21. The molecule has 0 saturated heterocycles. The highest BCUT2D eigenvalue weighted by molar-refractivity contribution is 6.30. The van der Waals surface area contributed by atoms with Crippen LogP contribution in [0.4, 0.5) is 5.82 Å². The van der Waals surface area contributed by atoms with Gasteiger partial charge in [-0.05, 0) is 35.7 Å². The number of carbonyl (C=O) groups excluding carboxylic acids is 1. The number of rotatable bonds is 8. The van der Waals surface area contributed by atoms with Crippen LogP contribution in [0.5, 0.6) is 0 Å². The summed E-state index contributed by atoms with van der Waals surface area (Å²) < 4.78 is 4.63. The molecule has 1 unspecified atom stereocenters. The molecule has 0 saturated carbocycles. The van der Waals surface area contributed by atoms with Crippen LogP contribution >= 0.6 is 11.6 Å². The highest BCUT2D eigenvalue weighted by atomic mass is 35.5. The number of ether oxygens (including phenoxy) is 1. The number of methoxy groups -OCH3 is 1. The molecule has 25 heavy (non-hydrogen) atoms. The van der Waals surface area contributed by atoms with Crippen LogP contribution in [0.2, 0.25) is 5.02 Å². The van der Waals surface area contributed by atoms with E-state index >= 15 is 0 Å². The molecule has 0 radical (unpaired) electrons. The molecule has 0 aliphatic carbocycles. The van der Waals surface area contributed by atoms with E-state index in [0.717, 1.165) is 24.4 Å². The fraction of sp³-hybridized carbons (Fsp3) is 0.421. The summed E-state index contributed by atoms with van der Waals surface area (Å²) in [6, 6.07) is 11.4. The monoisotopic (exact) mass is 361 g/mol. The molecule has 0 bridgehead atoms. The Kier molecular flexibility index (Phi) is 7.19. The zero-order chi connectivity index (χ0) is 18.2. The third kappa shape index (κ3) is 5.16. The van der Waals surface area contributed by atoms with Gasteiger partial charge in [-0.15, -0.1) is 10.2 Å². The molecule has 134 valence electrons. The van der Waals surface area contributed by atoms with E-state index < -0.39 is 5.97 Å². The second-order valence-electron chi connectivity index (χ2n) is 5.91. The van der Waals surface area contributed by atoms with Crippen LogP contribution in [-0.4, -0.2) is 29.8 Å². The molecule has 0 fully saturated rings. The van der Waals surface area contributed by atoms with Crippen LogP contribution in [0.25, 0.3) is 0 Å². The molecule has 0 spiro atoms. The Morgan fingerprint density at radius 3 is 2.52 bits per heavy atom. The summed E-state index contributed by atoms with van der Waals surface area (Å²) in [5.41, 5.74) is 1.41. The van der Waals surface area contributed by atoms with Crippen molar-refractivity contribution in [3.8, 4) is 0 Å². The largest absolute Gasteiger partial charge is 0.464 e. The van der Waals surface area contributed by atoms with E-state index in [2.05, 4.69) is 40.2 Å². The maximum Gasteiger partial charge on any atom is 0.358 e. The quantitative estimate of drug-likeness (QED) is 0.699. The molecule has 1 atom stereocenters. The van der Waals surface area contributed by atoms with Crippen LogP contribution in [0.15, 0.2) is 36.4 Å². The van der Waals surface area contributed by atoms with E-state index in [-0.39, 0.29) is 5.69 Å². The Hall–Kier alpha value is -2.14. The molecule has 2 rings (SSSR count). The van der Waals surface area contributed by atoms with Crippen molar-refractivity contribution in [3.05, 3.63) is 52.7 Å². The minimum Gasteiger partial charge on any atom is -0.464 e. The zero-order valence-electron chi connectivity index (χ0n) is 14.8. The summed E-state index contributed by atoms with van der Waals surface area (Å²) in [6.07, 6.45) is 2.17. The summed E-state index contributed by atoms with van der Waals surface area (Å²) in [5, 5.41) is 12.0. The van der Waals surface area contributed by atoms with Gasteiger partial charge in [0.2, 0.25) is 0 Å². The van der Waals surface area contributed by atoms with E-state index in [0.29, 0.717) is 17.7 Å². The van der Waals surface area contributed by atoms with Crippen LogP contribution in [0.3, 0.4) is 0 Å². The lowest BCUT2D eigenvalue weighted by Crippen LogP contribution is -2.21. The number of hydrogen-bond donors (Lipinski definition) is 1. The minimum atomic E-state index is -0.493. The fourth-order valence-corrected chi connectivity index (χ4v) is 3.20. The van der Waals surface area contributed by atoms with E-state index in [1.807, 2.05) is 18.2 Å². The normalized spacial score (nSPS) is 12.0. The number of hydrogen-bond acceptors (Lipinski definition) is 5. The number of esters is 1. The van der Waals surface area contributed by atoms with Gasteiger partial charge < -0.3 is 10.1 Å². The summed E-state index contributed by atoms with van der Waals surface area (Å²) in [6.45, 7) is 5.13. The smallest absolute Gasteiger partial charge is 0.358 e. The summed E-state index contributed by atoms with van der Waals surface area (Å²) in [7, 11) is 1.32. The molecule has 0 aliphatic rings. The lowest BCUT2D eigenvalue weighted by atomic mass is 9.82. The Morgan fingerprint density at radius 1 is 1.20 bits per heavy atom. The Balaban J connectivity index is 2.13. The second kappa shape index (κ2) is 9.37. The number of anilines is 1. The van der Waals surface area contributed by atoms with Gasteiger partial charge in [0.25, 0.3) is 0 Å². The fourth-order valence-electron chi connectivity index (χ4n) is 3.01. The second-order valence-corrected chi connectivity index (χ2v) is 6.35. The van der Waals surface area contributed by atoms with Crippen molar-refractivity contribution in [3.63, 3.8) is 0 Å². The number of nitrogens with one attached hydrogen (secondary N) is 1. The van der Waals surface area contributed by atoms with Crippen LogP contribution in [-0.2, 0) is 4.74 Å². The van der Waals surface area contributed by atoms with Gasteiger partial charge in [0.15, 0.2) is 5.69 Å². The standard InChI is InChI=1S/C19H24ClN3O2/c1-4-13(5-2)16(14-7-6-8-15(20)11-14)12-21-18-10-9-17(22-23-18)19(24)25-3/h6-11,13,16H,4-5,12H2,1-3H3,(H,21,23). The summed E-state index contributed by atoms with van der Waals surface area (Å²) >= 11 is 6.17. The van der Waals surface area contributed by atoms with Gasteiger partial charge >= 0.3 is 5.97 Å². The molecule has 1 N–H and O–H groups in total. The third-order valence-corrected chi connectivity index (χ3v) is 4.69. The van der Waals surface area contributed by atoms with Gasteiger partial charge in [-0.25, -0.2) is 4.79 Å². The molecular formula is C19H24ClN3O2. The van der Waals surface area contributed by atoms with E-state index in [1.54, 1.807) is 12.1 Å². The highest BCUT2D eigenvalue weighted by Crippen LogP contribution is 2.31. The minimum absolute atomic E-state index is 0.194. The maximum atomic E-state index is 11.4. The molecule has 1 heterocycles. The van der Waals surface area contributed by atoms with Crippen molar-refractivity contribution in [2.45, 2.75) is 32.6 Å². The van der Waals surface area contributed by atoms with E-state index in [1.165, 1.54) is 12.7 Å². The Labute approximate surface area is 153 Å². The molecule has 1 aromatic heterocycles. The van der Waals surface area contributed by atoms with Gasteiger partial charge in [-0.3, -0.25) is 0 Å². The van der Waals surface area contributed by atoms with Gasteiger partial charge in [0, 0.05) is 17.5 Å². The van der Waals surface area contributed by atoms with E-state index in [9.17, 15) is 4.79 Å². The number of benzene rings is 1. The summed E-state index contributed by atoms with van der Waals surface area (Å²) in [5.74, 6) is 0.988. The van der Waals surface area contributed by atoms with Gasteiger partial charge in [0.1, 0.15) is 5.82 Å².